The highest BCUT2D eigenvalue weighted by atomic mass is 79.9. The number of halogens is 2. The Morgan fingerprint density at radius 1 is 0.950 bits per heavy atom. The van der Waals surface area contributed by atoms with Crippen molar-refractivity contribution < 1.29 is 0 Å². The predicted molar refractivity (Wildman–Crippen MR) is 90.4 cm³/mol. The van der Waals surface area contributed by atoms with Crippen molar-refractivity contribution in [2.75, 3.05) is 5.32 Å². The number of fused-ring (bicyclic) bond motifs is 1. The van der Waals surface area contributed by atoms with Crippen LogP contribution in [0.3, 0.4) is 0 Å². The zero-order valence-corrected chi connectivity index (χ0v) is 13.1. The van der Waals surface area contributed by atoms with Crippen molar-refractivity contribution in [2.24, 2.45) is 0 Å². The molecule has 0 bridgehead atoms. The summed E-state index contributed by atoms with van der Waals surface area (Å²) in [7, 11) is 0. The molecule has 20 heavy (non-hydrogen) atoms. The van der Waals surface area contributed by atoms with E-state index in [1.54, 1.807) is 0 Å². The fraction of sp³-hybridized carbons (Fsp3) is 0.0588. The Balaban J connectivity index is 1.85. The second kappa shape index (κ2) is 5.86. The molecular weight excluding hydrogens is 334 g/mol. The molecule has 0 saturated heterocycles. The maximum atomic E-state index is 6.00. The zero-order valence-electron chi connectivity index (χ0n) is 10.7. The third-order valence-corrected chi connectivity index (χ3v) is 4.50. The van der Waals surface area contributed by atoms with Crippen molar-refractivity contribution in [1.29, 1.82) is 0 Å². The standard InChI is InChI=1S/C17H13BrClN/c18-16-10-14(8-9-17(16)19)20-11-13-6-3-5-12-4-1-2-7-15(12)13/h1-10,20H,11H2. The molecule has 0 saturated carbocycles. The molecule has 0 amide bonds. The van der Waals surface area contributed by atoms with Crippen LogP contribution in [0.1, 0.15) is 5.56 Å². The molecule has 1 nitrogen and oxygen atoms in total. The van der Waals surface area contributed by atoms with Crippen LogP contribution in [0.25, 0.3) is 10.8 Å². The summed E-state index contributed by atoms with van der Waals surface area (Å²) in [4.78, 5) is 0. The van der Waals surface area contributed by atoms with Gasteiger partial charge in [0.2, 0.25) is 0 Å². The Bertz CT molecular complexity index is 750. The van der Waals surface area contributed by atoms with Crippen LogP contribution in [0.2, 0.25) is 5.02 Å². The first-order valence-corrected chi connectivity index (χ1v) is 7.57. The Hall–Kier alpha value is -1.51. The fourth-order valence-electron chi connectivity index (χ4n) is 2.25. The molecule has 1 N–H and O–H groups in total. The van der Waals surface area contributed by atoms with Crippen LogP contribution in [0.15, 0.2) is 65.1 Å². The highest BCUT2D eigenvalue weighted by Crippen LogP contribution is 2.26. The molecule has 0 unspecified atom stereocenters. The molecule has 0 aliphatic carbocycles. The van der Waals surface area contributed by atoms with Crippen LogP contribution in [-0.4, -0.2) is 0 Å². The predicted octanol–water partition coefficient (Wildman–Crippen LogP) is 5.87. The normalized spacial score (nSPS) is 10.7. The van der Waals surface area contributed by atoms with Crippen molar-refractivity contribution in [2.45, 2.75) is 6.54 Å². The number of nitrogens with one attached hydrogen (secondary N) is 1. The molecule has 3 rings (SSSR count). The lowest BCUT2D eigenvalue weighted by Crippen LogP contribution is -2.00. The van der Waals surface area contributed by atoms with E-state index in [9.17, 15) is 0 Å². The Labute approximate surface area is 131 Å². The summed E-state index contributed by atoms with van der Waals surface area (Å²) in [6.45, 7) is 0.787. The van der Waals surface area contributed by atoms with Crippen molar-refractivity contribution in [3.05, 3.63) is 75.7 Å². The van der Waals surface area contributed by atoms with Gasteiger partial charge in [-0.1, -0.05) is 54.1 Å². The highest BCUT2D eigenvalue weighted by molar-refractivity contribution is 9.10. The molecule has 0 fully saturated rings. The lowest BCUT2D eigenvalue weighted by molar-refractivity contribution is 1.17. The SMILES string of the molecule is Clc1ccc(NCc2cccc3ccccc23)cc1Br. The third-order valence-electron chi connectivity index (χ3n) is 3.28. The van der Waals surface area contributed by atoms with E-state index in [1.807, 2.05) is 18.2 Å². The number of hydrogen-bond acceptors (Lipinski definition) is 1. The van der Waals surface area contributed by atoms with Crippen LogP contribution in [0, 0.1) is 0 Å². The summed E-state index contributed by atoms with van der Waals surface area (Å²) >= 11 is 9.44. The first-order chi connectivity index (χ1) is 9.74. The van der Waals surface area contributed by atoms with Crippen LogP contribution >= 0.6 is 27.5 Å². The quantitative estimate of drug-likeness (QED) is 0.625. The van der Waals surface area contributed by atoms with Gasteiger partial charge >= 0.3 is 0 Å². The van der Waals surface area contributed by atoms with Gasteiger partial charge in [0, 0.05) is 16.7 Å². The topological polar surface area (TPSA) is 12.0 Å². The third kappa shape index (κ3) is 2.82. The van der Waals surface area contributed by atoms with E-state index in [4.69, 9.17) is 11.6 Å². The smallest absolute Gasteiger partial charge is 0.0549 e. The molecule has 3 aromatic rings. The van der Waals surface area contributed by atoms with Gasteiger partial charge in [-0.15, -0.1) is 0 Å². The summed E-state index contributed by atoms with van der Waals surface area (Å²) < 4.78 is 0.905. The summed E-state index contributed by atoms with van der Waals surface area (Å²) in [6.07, 6.45) is 0. The molecule has 0 aliphatic heterocycles. The van der Waals surface area contributed by atoms with Gasteiger partial charge in [0.1, 0.15) is 0 Å². The van der Waals surface area contributed by atoms with Crippen LogP contribution < -0.4 is 5.32 Å². The maximum Gasteiger partial charge on any atom is 0.0549 e. The van der Waals surface area contributed by atoms with E-state index >= 15 is 0 Å². The van der Waals surface area contributed by atoms with Crippen LogP contribution in [0.5, 0.6) is 0 Å². The molecule has 0 aliphatic rings. The number of hydrogen-bond donors (Lipinski definition) is 1. The summed E-state index contributed by atoms with van der Waals surface area (Å²) in [5, 5.41) is 6.71. The molecule has 0 atom stereocenters. The molecule has 3 heteroatoms. The summed E-state index contributed by atoms with van der Waals surface area (Å²) in [6, 6.07) is 20.7. The maximum absolute atomic E-state index is 6.00. The number of benzene rings is 3. The first kappa shape index (κ1) is 13.5. The molecule has 0 aromatic heterocycles. The number of anilines is 1. The van der Waals surface area contributed by atoms with Gasteiger partial charge < -0.3 is 5.32 Å². The van der Waals surface area contributed by atoms with Crippen molar-refractivity contribution in [3.63, 3.8) is 0 Å². The first-order valence-electron chi connectivity index (χ1n) is 6.39. The van der Waals surface area contributed by atoms with Crippen LogP contribution in [-0.2, 0) is 6.54 Å². The van der Waals surface area contributed by atoms with Gasteiger partial charge in [-0.05, 0) is 50.5 Å². The van der Waals surface area contributed by atoms with E-state index in [1.165, 1.54) is 16.3 Å². The fourth-order valence-corrected chi connectivity index (χ4v) is 2.75. The molecule has 100 valence electrons. The van der Waals surface area contributed by atoms with Crippen molar-refractivity contribution >= 4 is 44.0 Å². The van der Waals surface area contributed by atoms with E-state index in [-0.39, 0.29) is 0 Å². The second-order valence-electron chi connectivity index (χ2n) is 4.62. The van der Waals surface area contributed by atoms with Gasteiger partial charge in [-0.3, -0.25) is 0 Å². The van der Waals surface area contributed by atoms with Gasteiger partial charge in [-0.25, -0.2) is 0 Å². The molecule has 0 heterocycles. The summed E-state index contributed by atoms with van der Waals surface area (Å²) in [5.74, 6) is 0. The molecule has 0 spiro atoms. The molecular formula is C17H13BrClN. The lowest BCUT2D eigenvalue weighted by atomic mass is 10.0. The average molecular weight is 347 g/mol. The lowest BCUT2D eigenvalue weighted by Gasteiger charge is -2.10. The van der Waals surface area contributed by atoms with E-state index in [0.717, 1.165) is 21.7 Å². The van der Waals surface area contributed by atoms with Crippen LogP contribution in [0.4, 0.5) is 5.69 Å². The Morgan fingerprint density at radius 2 is 1.75 bits per heavy atom. The van der Waals surface area contributed by atoms with Gasteiger partial charge in [0.15, 0.2) is 0 Å². The van der Waals surface area contributed by atoms with E-state index < -0.39 is 0 Å². The minimum absolute atomic E-state index is 0.723. The number of rotatable bonds is 3. The van der Waals surface area contributed by atoms with E-state index in [2.05, 4.69) is 63.7 Å². The van der Waals surface area contributed by atoms with Crippen molar-refractivity contribution in [3.8, 4) is 0 Å². The van der Waals surface area contributed by atoms with Crippen molar-refractivity contribution in [1.82, 2.24) is 0 Å². The minimum atomic E-state index is 0.723. The monoisotopic (exact) mass is 345 g/mol. The molecule has 0 radical (unpaired) electrons. The molecule has 3 aromatic carbocycles. The van der Waals surface area contributed by atoms with E-state index in [0.29, 0.717) is 0 Å². The van der Waals surface area contributed by atoms with Gasteiger partial charge in [-0.2, -0.15) is 0 Å². The zero-order chi connectivity index (χ0) is 13.9. The Kier molecular flexibility index (Phi) is 3.95. The van der Waals surface area contributed by atoms with Gasteiger partial charge in [0.05, 0.1) is 5.02 Å². The highest BCUT2D eigenvalue weighted by Gasteiger charge is 2.02. The summed E-state index contributed by atoms with van der Waals surface area (Å²) in [5.41, 5.74) is 2.34. The van der Waals surface area contributed by atoms with Gasteiger partial charge in [0.25, 0.3) is 0 Å². The second-order valence-corrected chi connectivity index (χ2v) is 5.88. The minimum Gasteiger partial charge on any atom is -0.381 e. The largest absolute Gasteiger partial charge is 0.381 e. The Morgan fingerprint density at radius 3 is 2.60 bits per heavy atom. The average Bonchev–Trinajstić information content (AvgIpc) is 2.48.